The molecule has 0 atom stereocenters. The molecule has 2 N–H and O–H groups in total. The van der Waals surface area contributed by atoms with Gasteiger partial charge >= 0.3 is 5.97 Å². The van der Waals surface area contributed by atoms with Crippen molar-refractivity contribution >= 4 is 27.5 Å². The number of aromatic nitrogens is 1. The molecule has 2 aliphatic heterocycles. The minimum absolute atomic E-state index is 0.00434. The van der Waals surface area contributed by atoms with E-state index in [9.17, 15) is 18.3 Å². The molecule has 0 radical (unpaired) electrons. The number of piperidine rings is 2. The molecule has 1 aromatic heterocycles. The average molecular weight is 445 g/mol. The van der Waals surface area contributed by atoms with Gasteiger partial charge in [0.05, 0.1) is 16.8 Å². The smallest absolute Gasteiger partial charge is 0.339 e. The number of rotatable bonds is 6. The number of hydrogen-bond donors (Lipinski definition) is 2. The molecule has 9 heteroatoms. The molecule has 2 aliphatic rings. The molecule has 0 bridgehead atoms. The third-order valence-corrected chi connectivity index (χ3v) is 7.47. The lowest BCUT2D eigenvalue weighted by atomic mass is 9.99. The second kappa shape index (κ2) is 9.23. The van der Waals surface area contributed by atoms with Crippen molar-refractivity contribution in [1.82, 2.24) is 9.88 Å². The summed E-state index contributed by atoms with van der Waals surface area (Å²) < 4.78 is 27.5. The SMILES string of the molecule is O=C(O)c1cc(NS(=O)(=O)c2ccccc2)cnc1N1CCC(N2CCCCC2)CC1. The first-order valence-electron chi connectivity index (χ1n) is 10.7. The van der Waals surface area contributed by atoms with E-state index in [0.29, 0.717) is 11.9 Å². The summed E-state index contributed by atoms with van der Waals surface area (Å²) in [5.74, 6) is -0.728. The summed E-state index contributed by atoms with van der Waals surface area (Å²) in [5.41, 5.74) is 0.137. The topological polar surface area (TPSA) is 103 Å². The molecule has 0 spiro atoms. The van der Waals surface area contributed by atoms with Crippen molar-refractivity contribution in [3.63, 3.8) is 0 Å². The first-order valence-corrected chi connectivity index (χ1v) is 12.2. The number of aromatic carboxylic acids is 1. The molecule has 31 heavy (non-hydrogen) atoms. The number of likely N-dealkylation sites (tertiary alicyclic amines) is 1. The monoisotopic (exact) mass is 444 g/mol. The second-order valence-electron chi connectivity index (χ2n) is 8.13. The van der Waals surface area contributed by atoms with E-state index in [1.165, 1.54) is 43.7 Å². The van der Waals surface area contributed by atoms with Gasteiger partial charge < -0.3 is 14.9 Å². The lowest BCUT2D eigenvalue weighted by Crippen LogP contribution is -2.47. The maximum absolute atomic E-state index is 12.6. The Labute approximate surface area is 182 Å². The van der Waals surface area contributed by atoms with Crippen molar-refractivity contribution in [3.8, 4) is 0 Å². The van der Waals surface area contributed by atoms with Gasteiger partial charge in [-0.3, -0.25) is 4.72 Å². The van der Waals surface area contributed by atoms with E-state index >= 15 is 0 Å². The van der Waals surface area contributed by atoms with Gasteiger partial charge in [-0.15, -0.1) is 0 Å². The third-order valence-electron chi connectivity index (χ3n) is 6.07. The van der Waals surface area contributed by atoms with E-state index in [2.05, 4.69) is 14.6 Å². The summed E-state index contributed by atoms with van der Waals surface area (Å²) in [4.78, 5) is 20.9. The van der Waals surface area contributed by atoms with Gasteiger partial charge in [0.25, 0.3) is 10.0 Å². The maximum atomic E-state index is 12.6. The highest BCUT2D eigenvalue weighted by molar-refractivity contribution is 7.92. The second-order valence-corrected chi connectivity index (χ2v) is 9.82. The van der Waals surface area contributed by atoms with Crippen LogP contribution < -0.4 is 9.62 Å². The van der Waals surface area contributed by atoms with Crippen molar-refractivity contribution in [2.24, 2.45) is 0 Å². The van der Waals surface area contributed by atoms with Crippen LogP contribution in [0.4, 0.5) is 11.5 Å². The molecule has 1 aromatic carbocycles. The van der Waals surface area contributed by atoms with Crippen LogP contribution in [0.1, 0.15) is 42.5 Å². The zero-order valence-corrected chi connectivity index (χ0v) is 18.2. The fourth-order valence-corrected chi connectivity index (χ4v) is 5.52. The Morgan fingerprint density at radius 1 is 1.03 bits per heavy atom. The van der Waals surface area contributed by atoms with Gasteiger partial charge in [0, 0.05) is 19.1 Å². The van der Waals surface area contributed by atoms with Crippen LogP contribution in [0.25, 0.3) is 0 Å². The highest BCUT2D eigenvalue weighted by Gasteiger charge is 2.28. The largest absolute Gasteiger partial charge is 0.478 e. The number of benzene rings is 1. The summed E-state index contributed by atoms with van der Waals surface area (Å²) in [6, 6.07) is 9.84. The van der Waals surface area contributed by atoms with Gasteiger partial charge in [0.2, 0.25) is 0 Å². The highest BCUT2D eigenvalue weighted by Crippen LogP contribution is 2.28. The Kier molecular flexibility index (Phi) is 6.43. The molecule has 4 rings (SSSR count). The number of carbonyl (C=O) groups is 1. The number of nitrogens with zero attached hydrogens (tertiary/aromatic N) is 3. The van der Waals surface area contributed by atoms with Gasteiger partial charge in [0.1, 0.15) is 11.4 Å². The Balaban J connectivity index is 1.49. The Hall–Kier alpha value is -2.65. The number of nitrogens with one attached hydrogen (secondary N) is 1. The van der Waals surface area contributed by atoms with Gasteiger partial charge in [-0.1, -0.05) is 24.6 Å². The van der Waals surface area contributed by atoms with E-state index in [4.69, 9.17) is 0 Å². The number of pyridine rings is 1. The van der Waals surface area contributed by atoms with Crippen LogP contribution in [-0.2, 0) is 10.0 Å². The Morgan fingerprint density at radius 3 is 2.35 bits per heavy atom. The summed E-state index contributed by atoms with van der Waals surface area (Å²) in [7, 11) is -3.82. The van der Waals surface area contributed by atoms with Crippen LogP contribution in [0.2, 0.25) is 0 Å². The van der Waals surface area contributed by atoms with Crippen LogP contribution in [0, 0.1) is 0 Å². The lowest BCUT2D eigenvalue weighted by Gasteiger charge is -2.40. The molecule has 0 saturated carbocycles. The predicted molar refractivity (Wildman–Crippen MR) is 119 cm³/mol. The molecule has 3 heterocycles. The Morgan fingerprint density at radius 2 is 1.71 bits per heavy atom. The fourth-order valence-electron chi connectivity index (χ4n) is 4.46. The molecular formula is C22H28N4O4S. The van der Waals surface area contributed by atoms with E-state index < -0.39 is 16.0 Å². The molecule has 8 nitrogen and oxygen atoms in total. The molecule has 2 fully saturated rings. The van der Waals surface area contributed by atoms with E-state index in [1.54, 1.807) is 18.2 Å². The van der Waals surface area contributed by atoms with Crippen molar-refractivity contribution in [2.45, 2.75) is 43.0 Å². The third kappa shape index (κ3) is 4.99. The number of anilines is 2. The number of sulfonamides is 1. The molecule has 0 unspecified atom stereocenters. The molecule has 0 amide bonds. The lowest BCUT2D eigenvalue weighted by molar-refractivity contribution is 0.0697. The predicted octanol–water partition coefficient (Wildman–Crippen LogP) is 3.04. The summed E-state index contributed by atoms with van der Waals surface area (Å²) >= 11 is 0. The van der Waals surface area contributed by atoms with Crippen LogP contribution in [0.3, 0.4) is 0 Å². The van der Waals surface area contributed by atoms with E-state index in [1.807, 2.05) is 4.90 Å². The average Bonchev–Trinajstić information content (AvgIpc) is 2.80. The Bertz CT molecular complexity index is 1020. The zero-order valence-electron chi connectivity index (χ0n) is 17.4. The summed E-state index contributed by atoms with van der Waals surface area (Å²) in [6.45, 7) is 3.78. The minimum atomic E-state index is -3.82. The molecule has 2 aromatic rings. The zero-order chi connectivity index (χ0) is 21.8. The van der Waals surface area contributed by atoms with Crippen molar-refractivity contribution < 1.29 is 18.3 Å². The van der Waals surface area contributed by atoms with Crippen molar-refractivity contribution in [3.05, 3.63) is 48.2 Å². The molecule has 166 valence electrons. The van der Waals surface area contributed by atoms with Gasteiger partial charge in [-0.05, 0) is 57.0 Å². The van der Waals surface area contributed by atoms with Crippen LogP contribution in [0.5, 0.6) is 0 Å². The van der Waals surface area contributed by atoms with Crippen LogP contribution in [0.15, 0.2) is 47.5 Å². The van der Waals surface area contributed by atoms with Gasteiger partial charge in [-0.25, -0.2) is 18.2 Å². The van der Waals surface area contributed by atoms with Crippen LogP contribution >= 0.6 is 0 Å². The van der Waals surface area contributed by atoms with E-state index in [-0.39, 0.29) is 16.1 Å². The van der Waals surface area contributed by atoms with Crippen LogP contribution in [-0.4, -0.2) is 61.6 Å². The van der Waals surface area contributed by atoms with Gasteiger partial charge in [-0.2, -0.15) is 0 Å². The first-order chi connectivity index (χ1) is 14.9. The summed E-state index contributed by atoms with van der Waals surface area (Å²) in [6.07, 6.45) is 7.16. The number of carboxylic acid groups (broad SMARTS) is 1. The molecular weight excluding hydrogens is 416 g/mol. The molecule has 2 saturated heterocycles. The van der Waals surface area contributed by atoms with Crippen molar-refractivity contribution in [1.29, 1.82) is 0 Å². The number of hydrogen-bond acceptors (Lipinski definition) is 6. The molecule has 0 aliphatic carbocycles. The summed E-state index contributed by atoms with van der Waals surface area (Å²) in [5, 5.41) is 9.74. The minimum Gasteiger partial charge on any atom is -0.478 e. The number of carboxylic acids is 1. The standard InChI is InChI=1S/C22H28N4O4S/c27-22(28)20-15-17(24-31(29,30)19-7-3-1-4-8-19)16-23-21(20)26-13-9-18(10-14-26)25-11-5-2-6-12-25/h1,3-4,7-8,15-16,18,24H,2,5-6,9-14H2,(H,27,28). The van der Waals surface area contributed by atoms with Crippen molar-refractivity contribution in [2.75, 3.05) is 35.8 Å². The fraction of sp³-hybridized carbons (Fsp3) is 0.455. The highest BCUT2D eigenvalue weighted by atomic mass is 32.2. The van der Waals surface area contributed by atoms with Gasteiger partial charge in [0.15, 0.2) is 0 Å². The van der Waals surface area contributed by atoms with E-state index in [0.717, 1.165) is 39.0 Å². The normalized spacial score (nSPS) is 18.6. The quantitative estimate of drug-likeness (QED) is 0.706. The first kappa shape index (κ1) is 21.6. The maximum Gasteiger partial charge on any atom is 0.339 e.